The molecule has 0 radical (unpaired) electrons. The summed E-state index contributed by atoms with van der Waals surface area (Å²) in [6.07, 6.45) is 0. The summed E-state index contributed by atoms with van der Waals surface area (Å²) in [5.74, 6) is 0.516. The van der Waals surface area contributed by atoms with Crippen molar-refractivity contribution in [1.29, 1.82) is 0 Å². The third kappa shape index (κ3) is 3.63. The number of hydrogen-bond donors (Lipinski definition) is 3. The lowest BCUT2D eigenvalue weighted by molar-refractivity contribution is -0.121. The molecule has 5 heteroatoms. The lowest BCUT2D eigenvalue weighted by Gasteiger charge is -2.19. The van der Waals surface area contributed by atoms with Gasteiger partial charge in [0.05, 0.1) is 13.2 Å². The first-order chi connectivity index (χ1) is 8.45. The molecule has 0 spiro atoms. The van der Waals surface area contributed by atoms with Crippen molar-refractivity contribution in [2.24, 2.45) is 11.7 Å². The van der Waals surface area contributed by atoms with Crippen LogP contribution in [0.25, 0.3) is 0 Å². The van der Waals surface area contributed by atoms with E-state index >= 15 is 0 Å². The van der Waals surface area contributed by atoms with E-state index in [0.717, 1.165) is 0 Å². The zero-order chi connectivity index (χ0) is 13.7. The fourth-order valence-corrected chi connectivity index (χ4v) is 1.72. The van der Waals surface area contributed by atoms with E-state index < -0.39 is 11.9 Å². The van der Waals surface area contributed by atoms with Crippen LogP contribution in [0.4, 0.5) is 0 Å². The van der Waals surface area contributed by atoms with Crippen LogP contribution in [0, 0.1) is 5.92 Å². The van der Waals surface area contributed by atoms with Crippen molar-refractivity contribution in [3.8, 4) is 11.5 Å². The van der Waals surface area contributed by atoms with Gasteiger partial charge >= 0.3 is 0 Å². The molecule has 18 heavy (non-hydrogen) atoms. The summed E-state index contributed by atoms with van der Waals surface area (Å²) in [5.41, 5.74) is 5.98. The molecular weight excluding hydrogens is 232 g/mol. The number of rotatable bonds is 6. The second-order valence-electron chi connectivity index (χ2n) is 4.50. The number of ether oxygens (including phenoxy) is 1. The van der Waals surface area contributed by atoms with Crippen LogP contribution >= 0.6 is 0 Å². The molecule has 0 fully saturated rings. The first-order valence-corrected chi connectivity index (χ1v) is 5.84. The predicted octanol–water partition coefficient (Wildman–Crippen LogP) is 1.00. The SMILES string of the molecule is COc1ccc(O)c(CNC(C(N)=O)C(C)C)c1. The molecule has 0 saturated carbocycles. The monoisotopic (exact) mass is 252 g/mol. The number of phenols is 1. The molecule has 1 unspecified atom stereocenters. The highest BCUT2D eigenvalue weighted by Gasteiger charge is 2.19. The van der Waals surface area contributed by atoms with Gasteiger partial charge in [-0.05, 0) is 24.1 Å². The average molecular weight is 252 g/mol. The van der Waals surface area contributed by atoms with E-state index in [0.29, 0.717) is 17.9 Å². The molecule has 100 valence electrons. The minimum Gasteiger partial charge on any atom is -0.508 e. The highest BCUT2D eigenvalue weighted by atomic mass is 16.5. The molecule has 1 aromatic carbocycles. The number of hydrogen-bond acceptors (Lipinski definition) is 4. The Morgan fingerprint density at radius 2 is 2.17 bits per heavy atom. The summed E-state index contributed by atoms with van der Waals surface area (Å²) in [7, 11) is 1.56. The normalized spacial score (nSPS) is 12.4. The smallest absolute Gasteiger partial charge is 0.234 e. The Morgan fingerprint density at radius 3 is 2.67 bits per heavy atom. The minimum absolute atomic E-state index is 0.0928. The van der Waals surface area contributed by atoms with Crippen molar-refractivity contribution in [3.63, 3.8) is 0 Å². The van der Waals surface area contributed by atoms with E-state index in [4.69, 9.17) is 10.5 Å². The van der Waals surface area contributed by atoms with Gasteiger partial charge in [0.25, 0.3) is 0 Å². The Bertz CT molecular complexity index is 419. The third-order valence-electron chi connectivity index (χ3n) is 2.77. The number of nitrogens with two attached hydrogens (primary N) is 1. The number of benzene rings is 1. The molecule has 0 bridgehead atoms. The molecule has 1 atom stereocenters. The Morgan fingerprint density at radius 1 is 1.50 bits per heavy atom. The number of carbonyl (C=O) groups is 1. The lowest BCUT2D eigenvalue weighted by Crippen LogP contribution is -2.44. The second-order valence-corrected chi connectivity index (χ2v) is 4.50. The number of carbonyl (C=O) groups excluding carboxylic acids is 1. The van der Waals surface area contributed by atoms with Gasteiger partial charge in [0, 0.05) is 12.1 Å². The van der Waals surface area contributed by atoms with Crippen LogP contribution < -0.4 is 15.8 Å². The van der Waals surface area contributed by atoms with E-state index in [-0.39, 0.29) is 11.7 Å². The molecule has 4 N–H and O–H groups in total. The number of methoxy groups -OCH3 is 1. The molecule has 0 heterocycles. The molecule has 0 aromatic heterocycles. The molecular formula is C13H20N2O3. The van der Waals surface area contributed by atoms with E-state index in [9.17, 15) is 9.90 Å². The molecule has 5 nitrogen and oxygen atoms in total. The van der Waals surface area contributed by atoms with Gasteiger partial charge in [0.2, 0.25) is 5.91 Å². The molecule has 1 aromatic rings. The van der Waals surface area contributed by atoms with Crippen molar-refractivity contribution in [2.45, 2.75) is 26.4 Å². The summed E-state index contributed by atoms with van der Waals surface area (Å²) in [4.78, 5) is 11.2. The summed E-state index contributed by atoms with van der Waals surface area (Å²) in [5, 5.41) is 12.7. The Balaban J connectivity index is 2.75. The zero-order valence-corrected chi connectivity index (χ0v) is 10.9. The molecule has 0 aliphatic rings. The molecule has 0 saturated heterocycles. The highest BCUT2D eigenvalue weighted by Crippen LogP contribution is 2.22. The summed E-state index contributed by atoms with van der Waals surface area (Å²) >= 11 is 0. The molecule has 0 aliphatic heterocycles. The van der Waals surface area contributed by atoms with Crippen LogP contribution in [0.2, 0.25) is 0 Å². The van der Waals surface area contributed by atoms with Gasteiger partial charge in [-0.3, -0.25) is 4.79 Å². The van der Waals surface area contributed by atoms with Gasteiger partial charge in [0.1, 0.15) is 11.5 Å². The van der Waals surface area contributed by atoms with E-state index in [1.165, 1.54) is 0 Å². The first kappa shape index (κ1) is 14.3. The Hall–Kier alpha value is -1.75. The van der Waals surface area contributed by atoms with Crippen LogP contribution in [-0.2, 0) is 11.3 Å². The van der Waals surface area contributed by atoms with Crippen molar-refractivity contribution >= 4 is 5.91 Å². The largest absolute Gasteiger partial charge is 0.508 e. The number of primary amides is 1. The van der Waals surface area contributed by atoms with Crippen molar-refractivity contribution < 1.29 is 14.6 Å². The zero-order valence-electron chi connectivity index (χ0n) is 10.9. The third-order valence-corrected chi connectivity index (χ3v) is 2.77. The van der Waals surface area contributed by atoms with Gasteiger partial charge < -0.3 is 20.9 Å². The number of amides is 1. The van der Waals surface area contributed by atoms with E-state index in [1.807, 2.05) is 13.8 Å². The topological polar surface area (TPSA) is 84.6 Å². The van der Waals surface area contributed by atoms with Crippen molar-refractivity contribution in [1.82, 2.24) is 5.32 Å². The predicted molar refractivity (Wildman–Crippen MR) is 69.3 cm³/mol. The van der Waals surface area contributed by atoms with Gasteiger partial charge in [-0.1, -0.05) is 13.8 Å². The Labute approximate surface area is 107 Å². The maximum absolute atomic E-state index is 11.2. The summed E-state index contributed by atoms with van der Waals surface area (Å²) < 4.78 is 5.08. The van der Waals surface area contributed by atoms with E-state index in [1.54, 1.807) is 25.3 Å². The first-order valence-electron chi connectivity index (χ1n) is 5.84. The number of phenolic OH excluding ortho intramolecular Hbond substituents is 1. The van der Waals surface area contributed by atoms with Crippen LogP contribution in [0.1, 0.15) is 19.4 Å². The van der Waals surface area contributed by atoms with Gasteiger partial charge in [0.15, 0.2) is 0 Å². The fraction of sp³-hybridized carbons (Fsp3) is 0.462. The lowest BCUT2D eigenvalue weighted by atomic mass is 10.0. The van der Waals surface area contributed by atoms with Gasteiger partial charge in [-0.2, -0.15) is 0 Å². The molecule has 1 rings (SSSR count). The van der Waals surface area contributed by atoms with Crippen molar-refractivity contribution in [2.75, 3.05) is 7.11 Å². The maximum Gasteiger partial charge on any atom is 0.234 e. The van der Waals surface area contributed by atoms with Gasteiger partial charge in [-0.15, -0.1) is 0 Å². The maximum atomic E-state index is 11.2. The summed E-state index contributed by atoms with van der Waals surface area (Å²) in [6.45, 7) is 4.18. The standard InChI is InChI=1S/C13H20N2O3/c1-8(2)12(13(14)17)15-7-9-6-10(18-3)4-5-11(9)16/h4-6,8,12,15-16H,7H2,1-3H3,(H2,14,17). The Kier molecular flexibility index (Phi) is 4.97. The van der Waals surface area contributed by atoms with Gasteiger partial charge in [-0.25, -0.2) is 0 Å². The number of aromatic hydroxyl groups is 1. The van der Waals surface area contributed by atoms with Crippen LogP contribution in [0.5, 0.6) is 11.5 Å². The highest BCUT2D eigenvalue weighted by molar-refractivity contribution is 5.80. The van der Waals surface area contributed by atoms with Crippen LogP contribution in [0.15, 0.2) is 18.2 Å². The second kappa shape index (κ2) is 6.26. The average Bonchev–Trinajstić information content (AvgIpc) is 2.30. The van der Waals surface area contributed by atoms with E-state index in [2.05, 4.69) is 5.32 Å². The summed E-state index contributed by atoms with van der Waals surface area (Å²) in [6, 6.07) is 4.54. The molecule has 0 aliphatic carbocycles. The minimum atomic E-state index is -0.421. The van der Waals surface area contributed by atoms with Crippen LogP contribution in [0.3, 0.4) is 0 Å². The van der Waals surface area contributed by atoms with Crippen molar-refractivity contribution in [3.05, 3.63) is 23.8 Å². The number of nitrogens with one attached hydrogen (secondary N) is 1. The van der Waals surface area contributed by atoms with Crippen LogP contribution in [-0.4, -0.2) is 24.2 Å². The molecule has 1 amide bonds. The quantitative estimate of drug-likeness (QED) is 0.705. The fourth-order valence-electron chi connectivity index (χ4n) is 1.72.